The van der Waals surface area contributed by atoms with E-state index < -0.39 is 23.3 Å². The fourth-order valence-corrected chi connectivity index (χ4v) is 4.22. The minimum atomic E-state index is -2.71. The van der Waals surface area contributed by atoms with Crippen molar-refractivity contribution in [3.63, 3.8) is 0 Å². The van der Waals surface area contributed by atoms with Crippen molar-refractivity contribution >= 4 is 40.9 Å². The molecule has 204 valence electrons. The molecule has 11 heteroatoms. The van der Waals surface area contributed by atoms with Crippen molar-refractivity contribution in [2.75, 3.05) is 0 Å². The van der Waals surface area contributed by atoms with E-state index in [1.165, 1.54) is 42.5 Å². The van der Waals surface area contributed by atoms with E-state index in [1.54, 1.807) is 24.3 Å². The Balaban J connectivity index is 1.64. The van der Waals surface area contributed by atoms with E-state index in [2.05, 4.69) is 0 Å². The first-order chi connectivity index (χ1) is 18.9. The summed E-state index contributed by atoms with van der Waals surface area (Å²) in [6.07, 6.45) is 0. The maximum atomic E-state index is 13.0. The minimum absolute atomic E-state index is 0.0333. The van der Waals surface area contributed by atoms with Crippen LogP contribution in [0.15, 0.2) is 78.9 Å². The summed E-state index contributed by atoms with van der Waals surface area (Å²) in [4.78, 5) is 38.0. The Morgan fingerprint density at radius 2 is 1.40 bits per heavy atom. The number of benzene rings is 4. The highest BCUT2D eigenvalue weighted by atomic mass is 35.5. The van der Waals surface area contributed by atoms with Crippen molar-refractivity contribution in [2.24, 2.45) is 5.73 Å². The Bertz CT molecular complexity index is 1600. The van der Waals surface area contributed by atoms with Gasteiger partial charge < -0.3 is 30.5 Å². The molecule has 0 bridgehead atoms. The molecular weight excluding hydrogens is 561 g/mol. The Kier molecular flexibility index (Phi) is 8.01. The number of carbonyl (C=O) groups is 3. The van der Waals surface area contributed by atoms with Crippen LogP contribution in [-0.2, 0) is 15.1 Å². The van der Waals surface area contributed by atoms with Gasteiger partial charge in [0.2, 0.25) is 5.54 Å². The molecule has 0 aliphatic heterocycles. The van der Waals surface area contributed by atoms with Crippen molar-refractivity contribution in [3.05, 3.63) is 111 Å². The van der Waals surface area contributed by atoms with Gasteiger partial charge in [-0.15, -0.1) is 0 Å². The van der Waals surface area contributed by atoms with Crippen LogP contribution < -0.4 is 15.2 Å². The van der Waals surface area contributed by atoms with Gasteiger partial charge in [0.15, 0.2) is 11.5 Å². The third kappa shape index (κ3) is 5.72. The maximum Gasteiger partial charge on any atom is 0.348 e. The average Bonchev–Trinajstić information content (AvgIpc) is 2.92. The molecule has 5 N–H and O–H groups in total. The number of esters is 1. The molecule has 1 atom stereocenters. The fraction of sp³-hybridized carbons (Fsp3) is 0.0690. The normalized spacial score (nSPS) is 12.3. The molecular formula is C29H21Cl2NO8. The number of hydrogen-bond acceptors (Lipinski definition) is 8. The first kappa shape index (κ1) is 28.4. The number of aliphatic carboxylic acids is 1. The van der Waals surface area contributed by atoms with E-state index in [9.17, 15) is 29.7 Å². The highest BCUT2D eigenvalue weighted by molar-refractivity contribution is 6.37. The zero-order valence-corrected chi connectivity index (χ0v) is 22.2. The Morgan fingerprint density at radius 1 is 0.825 bits per heavy atom. The zero-order valence-electron chi connectivity index (χ0n) is 20.7. The first-order valence-electron chi connectivity index (χ1n) is 11.6. The van der Waals surface area contributed by atoms with Crippen molar-refractivity contribution in [1.29, 1.82) is 0 Å². The number of halogens is 2. The summed E-state index contributed by atoms with van der Waals surface area (Å²) in [7, 11) is 0. The monoisotopic (exact) mass is 581 g/mol. The summed E-state index contributed by atoms with van der Waals surface area (Å²) < 4.78 is 10.9. The van der Waals surface area contributed by atoms with Gasteiger partial charge in [-0.2, -0.15) is 0 Å². The van der Waals surface area contributed by atoms with E-state index >= 15 is 0 Å². The highest BCUT2D eigenvalue weighted by Gasteiger charge is 2.47. The van der Waals surface area contributed by atoms with Crippen molar-refractivity contribution in [1.82, 2.24) is 0 Å². The van der Waals surface area contributed by atoms with Gasteiger partial charge >= 0.3 is 11.9 Å². The topological polar surface area (TPSA) is 156 Å². The predicted octanol–water partition coefficient (Wildman–Crippen LogP) is 5.58. The molecule has 9 nitrogen and oxygen atoms in total. The molecule has 0 aromatic heterocycles. The Hall–Kier alpha value is -4.57. The van der Waals surface area contributed by atoms with Gasteiger partial charge in [-0.1, -0.05) is 53.0 Å². The minimum Gasteiger partial charge on any atom is -0.508 e. The summed E-state index contributed by atoms with van der Waals surface area (Å²) in [5.41, 5.74) is 4.28. The van der Waals surface area contributed by atoms with Gasteiger partial charge in [-0.3, -0.25) is 4.79 Å². The quantitative estimate of drug-likeness (QED) is 0.0901. The van der Waals surface area contributed by atoms with Crippen LogP contribution >= 0.6 is 23.2 Å². The number of nitrogens with two attached hydrogens (primary N) is 1. The number of aryl methyl sites for hydroxylation is 1. The molecule has 0 aliphatic carbocycles. The van der Waals surface area contributed by atoms with Crippen LogP contribution in [0.4, 0.5) is 0 Å². The summed E-state index contributed by atoms with van der Waals surface area (Å²) >= 11 is 12.7. The molecule has 0 radical (unpaired) electrons. The van der Waals surface area contributed by atoms with Crippen LogP contribution in [0.2, 0.25) is 10.0 Å². The molecule has 4 aromatic rings. The Morgan fingerprint density at radius 3 is 1.98 bits per heavy atom. The summed E-state index contributed by atoms with van der Waals surface area (Å²) in [6.45, 7) is 1.88. The van der Waals surface area contributed by atoms with Crippen LogP contribution in [0.1, 0.15) is 27.0 Å². The largest absolute Gasteiger partial charge is 0.508 e. The number of phenols is 2. The molecule has 0 saturated carbocycles. The van der Waals surface area contributed by atoms with E-state index in [1.807, 2.05) is 6.92 Å². The number of ether oxygens (including phenoxy) is 2. The van der Waals surface area contributed by atoms with Crippen LogP contribution in [0.5, 0.6) is 28.7 Å². The number of ketones is 1. The second-order valence-electron chi connectivity index (χ2n) is 8.74. The van der Waals surface area contributed by atoms with Gasteiger partial charge in [-0.25, -0.2) is 9.59 Å². The van der Waals surface area contributed by atoms with E-state index in [-0.39, 0.29) is 49.9 Å². The third-order valence-electron chi connectivity index (χ3n) is 5.91. The molecule has 0 spiro atoms. The lowest BCUT2D eigenvalue weighted by molar-refractivity contribution is -0.155. The van der Waals surface area contributed by atoms with Gasteiger partial charge in [0.05, 0.1) is 15.6 Å². The molecule has 40 heavy (non-hydrogen) atoms. The standard InChI is InChI=1S/C29H21Cl2NO8/c1-15-2-4-16(5-3-15)25(35)21-14-20(10-11-24(21)34)39-26-22(30)12-17(13-23(26)31)29(32,27(36)37)28(38)40-19-8-6-18(33)7-9-19/h2-14,33-34H,32H2,1H3,(H,36,37). The number of rotatable bonds is 8. The molecule has 1 unspecified atom stereocenters. The van der Waals surface area contributed by atoms with Gasteiger partial charge in [0.25, 0.3) is 0 Å². The first-order valence-corrected chi connectivity index (χ1v) is 12.3. The van der Waals surface area contributed by atoms with Gasteiger partial charge in [0, 0.05) is 5.56 Å². The molecule has 0 fully saturated rings. The number of carboxylic acids is 1. The fourth-order valence-electron chi connectivity index (χ4n) is 3.65. The molecule has 4 rings (SSSR count). The molecule has 0 saturated heterocycles. The number of phenolic OH excluding ortho intramolecular Hbond substituents is 2. The molecule has 4 aromatic carbocycles. The van der Waals surface area contributed by atoms with Crippen LogP contribution in [0.25, 0.3) is 0 Å². The van der Waals surface area contributed by atoms with Crippen LogP contribution in [0.3, 0.4) is 0 Å². The molecule has 0 aliphatic rings. The lowest BCUT2D eigenvalue weighted by Gasteiger charge is -2.24. The van der Waals surface area contributed by atoms with Crippen LogP contribution in [-0.4, -0.2) is 33.0 Å². The highest BCUT2D eigenvalue weighted by Crippen LogP contribution is 2.40. The van der Waals surface area contributed by atoms with Crippen LogP contribution in [0, 0.1) is 6.92 Å². The number of hydrogen-bond donors (Lipinski definition) is 4. The van der Waals surface area contributed by atoms with E-state index in [0.717, 1.165) is 17.7 Å². The summed E-state index contributed by atoms with van der Waals surface area (Å²) in [5.74, 6) is -3.98. The SMILES string of the molecule is Cc1ccc(C(=O)c2cc(Oc3c(Cl)cc(C(N)(C(=O)O)C(=O)Oc4ccc(O)cc4)cc3Cl)ccc2O)cc1. The second-order valence-corrected chi connectivity index (χ2v) is 9.56. The van der Waals surface area contributed by atoms with Gasteiger partial charge in [0.1, 0.15) is 23.0 Å². The summed E-state index contributed by atoms with van der Waals surface area (Å²) in [6, 6.07) is 17.9. The average molecular weight is 582 g/mol. The van der Waals surface area contributed by atoms with Gasteiger partial charge in [-0.05, 0) is 67.1 Å². The number of aromatic hydroxyl groups is 2. The predicted molar refractivity (Wildman–Crippen MR) is 146 cm³/mol. The summed E-state index contributed by atoms with van der Waals surface area (Å²) in [5, 5.41) is 29.1. The maximum absolute atomic E-state index is 13.0. The number of carbonyl (C=O) groups excluding carboxylic acids is 2. The molecule has 0 amide bonds. The van der Waals surface area contributed by atoms with Crippen molar-refractivity contribution in [3.8, 4) is 28.7 Å². The molecule has 0 heterocycles. The van der Waals surface area contributed by atoms with E-state index in [0.29, 0.717) is 5.56 Å². The van der Waals surface area contributed by atoms with Crippen molar-refractivity contribution < 1.29 is 39.2 Å². The van der Waals surface area contributed by atoms with E-state index in [4.69, 9.17) is 38.4 Å². The van der Waals surface area contributed by atoms with Crippen molar-refractivity contribution in [2.45, 2.75) is 12.5 Å². The second kappa shape index (κ2) is 11.3. The smallest absolute Gasteiger partial charge is 0.348 e. The Labute approximate surface area is 237 Å². The third-order valence-corrected chi connectivity index (χ3v) is 6.47. The lowest BCUT2D eigenvalue weighted by Crippen LogP contribution is -2.53. The lowest BCUT2D eigenvalue weighted by atomic mass is 9.91. The number of carboxylic acid groups (broad SMARTS) is 1. The zero-order chi connectivity index (χ0) is 29.2.